The molecule has 0 saturated carbocycles. The minimum Gasteiger partial charge on any atom is -0.449 e. The van der Waals surface area contributed by atoms with E-state index in [9.17, 15) is 9.59 Å². The van der Waals surface area contributed by atoms with Crippen LogP contribution >= 0.6 is 34.8 Å². The number of benzene rings is 2. The molecule has 0 unspecified atom stereocenters. The van der Waals surface area contributed by atoms with Crippen molar-refractivity contribution in [2.45, 2.75) is 13.0 Å². The largest absolute Gasteiger partial charge is 0.449 e. The topological polar surface area (TPSA) is 55.4 Å². The Bertz CT molecular complexity index is 732. The van der Waals surface area contributed by atoms with Crippen LogP contribution in [0.25, 0.3) is 0 Å². The Labute approximate surface area is 148 Å². The number of anilines is 1. The number of rotatable bonds is 4. The van der Waals surface area contributed by atoms with Crippen LogP contribution in [0.5, 0.6) is 0 Å². The molecule has 0 aliphatic heterocycles. The highest BCUT2D eigenvalue weighted by Crippen LogP contribution is 2.26. The molecular weight excluding hydrogens is 361 g/mol. The molecule has 7 heteroatoms. The SMILES string of the molecule is C[C@@H](OC(=O)c1cccc(Cl)c1Cl)C(=O)Nc1ccc(Cl)cc1. The standard InChI is InChI=1S/C16H12Cl3NO3/c1-9(15(21)20-11-7-5-10(17)6-8-11)23-16(22)12-3-2-4-13(18)14(12)19/h2-9H,1H3,(H,20,21)/t9-/m1/s1. The smallest absolute Gasteiger partial charge is 0.340 e. The second-order valence-corrected chi connectivity index (χ2v) is 5.87. The Morgan fingerprint density at radius 1 is 1.04 bits per heavy atom. The molecule has 0 aliphatic carbocycles. The lowest BCUT2D eigenvalue weighted by Gasteiger charge is -2.14. The van der Waals surface area contributed by atoms with Crippen molar-refractivity contribution in [2.75, 3.05) is 5.32 Å². The first-order valence-corrected chi connectivity index (χ1v) is 7.73. The van der Waals surface area contributed by atoms with E-state index in [1.807, 2.05) is 0 Å². The van der Waals surface area contributed by atoms with Gasteiger partial charge in [-0.25, -0.2) is 4.79 Å². The average Bonchev–Trinajstić information content (AvgIpc) is 2.52. The van der Waals surface area contributed by atoms with Crippen molar-refractivity contribution in [2.24, 2.45) is 0 Å². The summed E-state index contributed by atoms with van der Waals surface area (Å²) in [5.74, 6) is -1.20. The lowest BCUT2D eigenvalue weighted by atomic mass is 10.2. The number of carbonyl (C=O) groups excluding carboxylic acids is 2. The maximum atomic E-state index is 12.1. The first-order valence-electron chi connectivity index (χ1n) is 6.60. The van der Waals surface area contributed by atoms with E-state index in [1.165, 1.54) is 13.0 Å². The Kier molecular flexibility index (Phi) is 5.88. The number of esters is 1. The number of carbonyl (C=O) groups is 2. The van der Waals surface area contributed by atoms with Crippen LogP contribution < -0.4 is 5.32 Å². The summed E-state index contributed by atoms with van der Waals surface area (Å²) in [7, 11) is 0. The highest BCUT2D eigenvalue weighted by molar-refractivity contribution is 6.43. The van der Waals surface area contributed by atoms with Gasteiger partial charge >= 0.3 is 5.97 Å². The first-order chi connectivity index (χ1) is 10.9. The van der Waals surface area contributed by atoms with Crippen molar-refractivity contribution >= 4 is 52.4 Å². The zero-order valence-electron chi connectivity index (χ0n) is 12.0. The highest BCUT2D eigenvalue weighted by atomic mass is 35.5. The van der Waals surface area contributed by atoms with Crippen LogP contribution in [-0.4, -0.2) is 18.0 Å². The molecule has 2 rings (SSSR count). The fourth-order valence-electron chi connectivity index (χ4n) is 1.72. The minimum absolute atomic E-state index is 0.0875. The fraction of sp³-hybridized carbons (Fsp3) is 0.125. The van der Waals surface area contributed by atoms with E-state index in [1.54, 1.807) is 36.4 Å². The van der Waals surface area contributed by atoms with Gasteiger partial charge in [-0.1, -0.05) is 40.9 Å². The lowest BCUT2D eigenvalue weighted by molar-refractivity contribution is -0.123. The number of hydrogen-bond donors (Lipinski definition) is 1. The molecule has 4 nitrogen and oxygen atoms in total. The maximum absolute atomic E-state index is 12.1. The van der Waals surface area contributed by atoms with Crippen LogP contribution in [-0.2, 0) is 9.53 Å². The molecular formula is C16H12Cl3NO3. The second-order valence-electron chi connectivity index (χ2n) is 4.65. The lowest BCUT2D eigenvalue weighted by Crippen LogP contribution is -2.30. The van der Waals surface area contributed by atoms with Crippen LogP contribution in [0.1, 0.15) is 17.3 Å². The summed E-state index contributed by atoms with van der Waals surface area (Å²) >= 11 is 17.6. The van der Waals surface area contributed by atoms with E-state index in [-0.39, 0.29) is 15.6 Å². The molecule has 23 heavy (non-hydrogen) atoms. The van der Waals surface area contributed by atoms with Gasteiger partial charge in [-0.3, -0.25) is 4.79 Å². The van der Waals surface area contributed by atoms with Gasteiger partial charge in [0.25, 0.3) is 5.91 Å². The molecule has 0 radical (unpaired) electrons. The Morgan fingerprint density at radius 2 is 1.70 bits per heavy atom. The summed E-state index contributed by atoms with van der Waals surface area (Å²) in [5, 5.41) is 3.49. The van der Waals surface area contributed by atoms with E-state index in [4.69, 9.17) is 39.5 Å². The van der Waals surface area contributed by atoms with Crippen molar-refractivity contribution in [3.05, 3.63) is 63.1 Å². The third kappa shape index (κ3) is 4.61. The van der Waals surface area contributed by atoms with Crippen LogP contribution in [0, 0.1) is 0 Å². The summed E-state index contributed by atoms with van der Waals surface area (Å²) in [4.78, 5) is 24.1. The number of nitrogens with one attached hydrogen (secondary N) is 1. The van der Waals surface area contributed by atoms with Crippen LogP contribution in [0.2, 0.25) is 15.1 Å². The van der Waals surface area contributed by atoms with Crippen LogP contribution in [0.15, 0.2) is 42.5 Å². The van der Waals surface area contributed by atoms with Crippen molar-refractivity contribution < 1.29 is 14.3 Å². The van der Waals surface area contributed by atoms with E-state index in [2.05, 4.69) is 5.32 Å². The number of ether oxygens (including phenoxy) is 1. The quantitative estimate of drug-likeness (QED) is 0.782. The zero-order chi connectivity index (χ0) is 17.0. The Balaban J connectivity index is 2.01. The summed E-state index contributed by atoms with van der Waals surface area (Å²) in [6.45, 7) is 1.46. The normalized spacial score (nSPS) is 11.7. The molecule has 1 atom stereocenters. The third-order valence-corrected chi connectivity index (χ3v) is 4.01. The van der Waals surface area contributed by atoms with Crippen LogP contribution in [0.4, 0.5) is 5.69 Å². The fourth-order valence-corrected chi connectivity index (χ4v) is 2.22. The van der Waals surface area contributed by atoms with Crippen molar-refractivity contribution in [3.8, 4) is 0 Å². The first kappa shape index (κ1) is 17.6. The van der Waals surface area contributed by atoms with E-state index < -0.39 is 18.0 Å². The number of amides is 1. The summed E-state index contributed by atoms with van der Waals surface area (Å²) in [5.41, 5.74) is 0.647. The highest BCUT2D eigenvalue weighted by Gasteiger charge is 2.21. The van der Waals surface area contributed by atoms with Crippen molar-refractivity contribution in [1.29, 1.82) is 0 Å². The van der Waals surface area contributed by atoms with E-state index >= 15 is 0 Å². The van der Waals surface area contributed by atoms with Gasteiger partial charge in [0.1, 0.15) is 0 Å². The predicted molar refractivity (Wildman–Crippen MR) is 91.4 cm³/mol. The molecule has 2 aromatic rings. The van der Waals surface area contributed by atoms with Gasteiger partial charge in [0.2, 0.25) is 0 Å². The van der Waals surface area contributed by atoms with Gasteiger partial charge in [0.15, 0.2) is 6.10 Å². The molecule has 1 amide bonds. The molecule has 0 saturated heterocycles. The minimum atomic E-state index is -1.01. The Morgan fingerprint density at radius 3 is 2.35 bits per heavy atom. The molecule has 0 bridgehead atoms. The summed E-state index contributed by atoms with van der Waals surface area (Å²) < 4.78 is 5.11. The van der Waals surface area contributed by atoms with Gasteiger partial charge in [-0.15, -0.1) is 0 Å². The molecule has 0 spiro atoms. The molecule has 0 aliphatic rings. The average molecular weight is 373 g/mol. The van der Waals surface area contributed by atoms with Gasteiger partial charge in [-0.2, -0.15) is 0 Å². The molecule has 0 heterocycles. The van der Waals surface area contributed by atoms with Gasteiger partial charge in [0.05, 0.1) is 15.6 Å². The summed E-state index contributed by atoms with van der Waals surface area (Å²) in [6, 6.07) is 11.2. The molecule has 120 valence electrons. The third-order valence-electron chi connectivity index (χ3n) is 2.94. The van der Waals surface area contributed by atoms with Gasteiger partial charge in [0, 0.05) is 10.7 Å². The van der Waals surface area contributed by atoms with Crippen LogP contribution in [0.3, 0.4) is 0 Å². The predicted octanol–water partition coefficient (Wildman–Crippen LogP) is 4.83. The summed E-state index contributed by atoms with van der Waals surface area (Å²) in [6.07, 6.45) is -1.01. The Hall–Kier alpha value is -1.75. The molecule has 1 N–H and O–H groups in total. The zero-order valence-corrected chi connectivity index (χ0v) is 14.2. The van der Waals surface area contributed by atoms with E-state index in [0.717, 1.165) is 0 Å². The molecule has 0 aromatic heterocycles. The monoisotopic (exact) mass is 371 g/mol. The number of hydrogen-bond acceptors (Lipinski definition) is 3. The van der Waals surface area contributed by atoms with Crippen molar-refractivity contribution in [1.82, 2.24) is 0 Å². The number of halogens is 3. The van der Waals surface area contributed by atoms with Gasteiger partial charge in [-0.05, 0) is 43.3 Å². The molecule has 0 fully saturated rings. The van der Waals surface area contributed by atoms with Crippen molar-refractivity contribution in [3.63, 3.8) is 0 Å². The maximum Gasteiger partial charge on any atom is 0.340 e. The molecule has 2 aromatic carbocycles. The van der Waals surface area contributed by atoms with Gasteiger partial charge < -0.3 is 10.1 Å². The second kappa shape index (κ2) is 7.68. The van der Waals surface area contributed by atoms with E-state index in [0.29, 0.717) is 10.7 Å².